The number of fused-ring (bicyclic) bond motifs is 4. The van der Waals surface area contributed by atoms with Gasteiger partial charge in [0.2, 0.25) is 0 Å². The first-order chi connectivity index (χ1) is 16.8. The fraction of sp³-hybridized carbons (Fsp3) is 0. The van der Waals surface area contributed by atoms with Gasteiger partial charge in [0.15, 0.2) is 0 Å². The van der Waals surface area contributed by atoms with Gasteiger partial charge in [0.25, 0.3) is 0 Å². The molecule has 0 aliphatic heterocycles. The Balaban J connectivity index is 1.58. The first kappa shape index (κ1) is 19.6. The normalized spacial score (nSPS) is 11.5. The van der Waals surface area contributed by atoms with Gasteiger partial charge in [-0.1, -0.05) is 72.8 Å². The van der Waals surface area contributed by atoms with Gasteiger partial charge in [-0.2, -0.15) is 0 Å². The Labute approximate surface area is 204 Å². The Morgan fingerprint density at radius 3 is 1.56 bits per heavy atom. The third kappa shape index (κ3) is 3.23. The van der Waals surface area contributed by atoms with Crippen LogP contribution in [-0.4, -0.2) is 9.97 Å². The SMILES string of the molecule is C(=C(c1nc2ccccc2s1)c1nc2ccccc2s1)c1c2ccccc2cc2ccccc12. The van der Waals surface area contributed by atoms with E-state index in [-0.39, 0.29) is 0 Å². The van der Waals surface area contributed by atoms with Gasteiger partial charge in [0, 0.05) is 5.57 Å². The van der Waals surface area contributed by atoms with Crippen molar-refractivity contribution in [3.05, 3.63) is 119 Å². The van der Waals surface area contributed by atoms with Crippen LogP contribution in [0.4, 0.5) is 0 Å². The van der Waals surface area contributed by atoms with E-state index in [0.717, 1.165) is 26.6 Å². The fourth-order valence-electron chi connectivity index (χ4n) is 4.54. The van der Waals surface area contributed by atoms with Gasteiger partial charge in [0.05, 0.1) is 20.4 Å². The highest BCUT2D eigenvalue weighted by molar-refractivity contribution is 7.22. The molecule has 0 saturated carbocycles. The summed E-state index contributed by atoms with van der Waals surface area (Å²) < 4.78 is 2.37. The van der Waals surface area contributed by atoms with Crippen LogP contribution in [0.1, 0.15) is 15.6 Å². The van der Waals surface area contributed by atoms with Crippen LogP contribution >= 0.6 is 22.7 Å². The molecule has 2 heterocycles. The van der Waals surface area contributed by atoms with Crippen LogP contribution in [0.5, 0.6) is 0 Å². The second-order valence-electron chi connectivity index (χ2n) is 8.26. The van der Waals surface area contributed by atoms with E-state index in [1.165, 1.54) is 36.5 Å². The first-order valence-corrected chi connectivity index (χ1v) is 12.8. The smallest absolute Gasteiger partial charge is 0.127 e. The molecule has 160 valence electrons. The average Bonchev–Trinajstić information content (AvgIpc) is 3.50. The number of nitrogens with zero attached hydrogens (tertiary/aromatic N) is 2. The third-order valence-electron chi connectivity index (χ3n) is 6.15. The summed E-state index contributed by atoms with van der Waals surface area (Å²) in [6.45, 7) is 0. The quantitative estimate of drug-likeness (QED) is 0.241. The summed E-state index contributed by atoms with van der Waals surface area (Å²) >= 11 is 3.45. The molecule has 2 aromatic heterocycles. The van der Waals surface area contributed by atoms with Crippen LogP contribution < -0.4 is 0 Å². The van der Waals surface area contributed by atoms with E-state index in [1.807, 2.05) is 12.1 Å². The lowest BCUT2D eigenvalue weighted by molar-refractivity contribution is 1.39. The third-order valence-corrected chi connectivity index (χ3v) is 8.29. The van der Waals surface area contributed by atoms with Crippen molar-refractivity contribution in [2.45, 2.75) is 0 Å². The van der Waals surface area contributed by atoms with Gasteiger partial charge in [-0.05, 0) is 63.5 Å². The maximum atomic E-state index is 5.03. The summed E-state index contributed by atoms with van der Waals surface area (Å²) in [7, 11) is 0. The van der Waals surface area contributed by atoms with Crippen molar-refractivity contribution in [2.75, 3.05) is 0 Å². The van der Waals surface area contributed by atoms with Crippen LogP contribution in [0.25, 0.3) is 53.6 Å². The number of hydrogen-bond acceptors (Lipinski definition) is 4. The number of hydrogen-bond donors (Lipinski definition) is 0. The van der Waals surface area contributed by atoms with Gasteiger partial charge in [-0.3, -0.25) is 0 Å². The molecule has 0 bridgehead atoms. The first-order valence-electron chi connectivity index (χ1n) is 11.2. The maximum absolute atomic E-state index is 5.03. The Kier molecular flexibility index (Phi) is 4.54. The Morgan fingerprint density at radius 1 is 0.559 bits per heavy atom. The molecule has 0 N–H and O–H groups in total. The van der Waals surface area contributed by atoms with Crippen LogP contribution in [0, 0.1) is 0 Å². The lowest BCUT2D eigenvalue weighted by Crippen LogP contribution is -1.89. The predicted molar refractivity (Wildman–Crippen MR) is 148 cm³/mol. The van der Waals surface area contributed by atoms with Crippen LogP contribution in [0.2, 0.25) is 0 Å². The summed E-state index contributed by atoms with van der Waals surface area (Å²) in [6.07, 6.45) is 2.31. The van der Waals surface area contributed by atoms with E-state index in [9.17, 15) is 0 Å². The fourth-order valence-corrected chi connectivity index (χ4v) is 6.57. The largest absolute Gasteiger partial charge is 0.236 e. The molecule has 0 unspecified atom stereocenters. The minimum absolute atomic E-state index is 0.997. The van der Waals surface area contributed by atoms with Crippen molar-refractivity contribution < 1.29 is 0 Å². The summed E-state index contributed by atoms with van der Waals surface area (Å²) in [5.41, 5.74) is 4.33. The van der Waals surface area contributed by atoms with E-state index in [0.29, 0.717) is 0 Å². The zero-order valence-electron chi connectivity index (χ0n) is 18.1. The monoisotopic (exact) mass is 470 g/mol. The van der Waals surface area contributed by atoms with E-state index in [1.54, 1.807) is 22.7 Å². The molecule has 4 heteroatoms. The molecule has 0 fully saturated rings. The van der Waals surface area contributed by atoms with Crippen molar-refractivity contribution in [1.29, 1.82) is 0 Å². The topological polar surface area (TPSA) is 25.8 Å². The summed E-state index contributed by atoms with van der Waals surface area (Å²) in [6, 6.07) is 36.2. The molecule has 0 amide bonds. The Hall–Kier alpha value is -3.86. The number of thiazole rings is 2. The number of para-hydroxylation sites is 2. The van der Waals surface area contributed by atoms with E-state index in [4.69, 9.17) is 9.97 Å². The van der Waals surface area contributed by atoms with Gasteiger partial charge in [0.1, 0.15) is 10.0 Å². The van der Waals surface area contributed by atoms with E-state index in [2.05, 4.69) is 97.1 Å². The molecule has 34 heavy (non-hydrogen) atoms. The molecule has 2 nitrogen and oxygen atoms in total. The minimum atomic E-state index is 0.997. The van der Waals surface area contributed by atoms with Gasteiger partial charge in [-0.15, -0.1) is 22.7 Å². The van der Waals surface area contributed by atoms with Gasteiger partial charge in [-0.25, -0.2) is 9.97 Å². The molecule has 0 radical (unpaired) electrons. The summed E-state index contributed by atoms with van der Waals surface area (Å²) in [4.78, 5) is 10.1. The second kappa shape index (κ2) is 7.87. The molecule has 0 aliphatic rings. The van der Waals surface area contributed by atoms with E-state index >= 15 is 0 Å². The molecular weight excluding hydrogens is 452 g/mol. The van der Waals surface area contributed by atoms with E-state index < -0.39 is 0 Å². The molecular formula is C30H18N2S2. The molecule has 0 atom stereocenters. The molecule has 5 aromatic carbocycles. The van der Waals surface area contributed by atoms with Crippen molar-refractivity contribution in [2.24, 2.45) is 0 Å². The summed E-state index contributed by atoms with van der Waals surface area (Å²) in [5.74, 6) is 0. The Morgan fingerprint density at radius 2 is 1.03 bits per heavy atom. The van der Waals surface area contributed by atoms with Crippen LogP contribution in [0.3, 0.4) is 0 Å². The highest BCUT2D eigenvalue weighted by Gasteiger charge is 2.17. The number of benzene rings is 5. The molecule has 0 saturated heterocycles. The Bertz CT molecular complexity index is 1680. The lowest BCUT2D eigenvalue weighted by atomic mass is 9.95. The lowest BCUT2D eigenvalue weighted by Gasteiger charge is -2.10. The minimum Gasteiger partial charge on any atom is -0.236 e. The zero-order valence-corrected chi connectivity index (χ0v) is 19.7. The van der Waals surface area contributed by atoms with Crippen LogP contribution in [-0.2, 0) is 0 Å². The van der Waals surface area contributed by atoms with Crippen molar-refractivity contribution in [3.8, 4) is 0 Å². The van der Waals surface area contributed by atoms with Crippen molar-refractivity contribution in [1.82, 2.24) is 9.97 Å². The van der Waals surface area contributed by atoms with Crippen molar-refractivity contribution >= 4 is 76.3 Å². The average molecular weight is 471 g/mol. The highest BCUT2D eigenvalue weighted by atomic mass is 32.1. The second-order valence-corrected chi connectivity index (χ2v) is 10.3. The predicted octanol–water partition coefficient (Wildman–Crippen LogP) is 8.80. The molecule has 0 aliphatic carbocycles. The summed E-state index contributed by atoms with van der Waals surface area (Å²) in [5, 5.41) is 6.94. The maximum Gasteiger partial charge on any atom is 0.127 e. The number of aromatic nitrogens is 2. The van der Waals surface area contributed by atoms with Gasteiger partial charge < -0.3 is 0 Å². The highest BCUT2D eigenvalue weighted by Crippen LogP contribution is 2.39. The molecule has 7 rings (SSSR count). The van der Waals surface area contributed by atoms with Crippen molar-refractivity contribution in [3.63, 3.8) is 0 Å². The number of rotatable bonds is 3. The standard InChI is InChI=1S/C30H18N2S2/c1-3-11-21-19(9-1)17-20-10-2-4-12-22(20)23(21)18-24(29-31-25-13-5-7-15-27(25)33-29)30-32-26-14-6-8-16-28(26)34-30/h1-18H. The zero-order chi connectivity index (χ0) is 22.5. The molecule has 0 spiro atoms. The van der Waals surface area contributed by atoms with Gasteiger partial charge >= 0.3 is 0 Å². The molecule has 7 aromatic rings. The van der Waals surface area contributed by atoms with Crippen LogP contribution in [0.15, 0.2) is 103 Å².